The van der Waals surface area contributed by atoms with Crippen molar-refractivity contribution in [2.24, 2.45) is 0 Å². The standard InChI is InChI=1S/C78H106Cl2O10P2/c1-71(2,3)49-35-45(36-50(65(49)85-27)72(4,5)6)91(46-37-51(73(7,8)9)66(86-28)52(38-46)74(10,11)12)59-33-31-57(79)69(89-43-61(81)83-25)63(59)64-60(34-32-58(80)70(64)90-44-62(82)84-26)92(47-39-53(75(13,14)15)67(87-29)54(40-47)76(16,17)18)48-41-55(77(19,20)21)68(88-30)56(42-48)78(22,23)24/h31-42H,43-44H2,1-30H3. The number of methoxy groups -OCH3 is 6. The number of rotatable bonds is 17. The van der Waals surface area contributed by atoms with Crippen molar-refractivity contribution < 1.29 is 47.5 Å². The minimum absolute atomic E-state index is 0.186. The number of carbonyl (C=O) groups is 2. The van der Waals surface area contributed by atoms with Crippen LogP contribution in [-0.4, -0.2) is 67.8 Å². The highest BCUT2D eigenvalue weighted by molar-refractivity contribution is 7.81. The van der Waals surface area contributed by atoms with E-state index < -0.39 is 84.3 Å². The molecule has 10 nitrogen and oxygen atoms in total. The molecule has 0 aliphatic heterocycles. The lowest BCUT2D eigenvalue weighted by Crippen LogP contribution is -2.32. The molecule has 0 aromatic heterocycles. The highest BCUT2D eigenvalue weighted by atomic mass is 35.5. The van der Waals surface area contributed by atoms with Gasteiger partial charge in [0.2, 0.25) is 0 Å². The number of benzene rings is 6. The smallest absolute Gasteiger partial charge is 0.343 e. The molecule has 6 rings (SSSR count). The molecule has 0 saturated heterocycles. The maximum atomic E-state index is 13.8. The number of ether oxygens (including phenoxy) is 8. The number of hydrogen-bond donors (Lipinski definition) is 0. The number of carbonyl (C=O) groups excluding carboxylic acids is 2. The molecule has 14 heteroatoms. The molecular formula is C78H106Cl2O10P2. The van der Waals surface area contributed by atoms with Gasteiger partial charge in [-0.15, -0.1) is 0 Å². The summed E-state index contributed by atoms with van der Waals surface area (Å²) >= 11 is 15.6. The fourth-order valence-electron chi connectivity index (χ4n) is 11.8. The summed E-state index contributed by atoms with van der Waals surface area (Å²) in [6.45, 7) is 52.2. The predicted molar refractivity (Wildman–Crippen MR) is 390 cm³/mol. The molecule has 0 unspecified atom stereocenters. The Kier molecular flexibility index (Phi) is 22.7. The molecule has 0 saturated carbocycles. The first-order chi connectivity index (χ1) is 42.1. The van der Waals surface area contributed by atoms with Crippen LogP contribution in [0.4, 0.5) is 0 Å². The molecule has 0 aliphatic rings. The van der Waals surface area contributed by atoms with Gasteiger partial charge < -0.3 is 37.9 Å². The van der Waals surface area contributed by atoms with E-state index in [9.17, 15) is 9.59 Å². The van der Waals surface area contributed by atoms with E-state index in [4.69, 9.17) is 61.1 Å². The van der Waals surface area contributed by atoms with Crippen LogP contribution < -0.4 is 60.2 Å². The lowest BCUT2D eigenvalue weighted by molar-refractivity contribution is -0.143. The van der Waals surface area contributed by atoms with E-state index in [1.54, 1.807) is 28.4 Å². The summed E-state index contributed by atoms with van der Waals surface area (Å²) in [6, 6.07) is 26.4. The molecule has 0 atom stereocenters. The average molecular weight is 1340 g/mol. The highest BCUT2D eigenvalue weighted by Gasteiger charge is 2.40. The summed E-state index contributed by atoms with van der Waals surface area (Å²) < 4.78 is 50.7. The summed E-state index contributed by atoms with van der Waals surface area (Å²) in [6.07, 6.45) is 0. The van der Waals surface area contributed by atoms with Crippen LogP contribution in [0, 0.1) is 0 Å². The van der Waals surface area contributed by atoms with E-state index in [0.717, 1.165) is 99.3 Å². The van der Waals surface area contributed by atoms with Crippen LogP contribution in [0.3, 0.4) is 0 Å². The topological polar surface area (TPSA) is 108 Å². The van der Waals surface area contributed by atoms with Crippen LogP contribution in [0.5, 0.6) is 34.5 Å². The third-order valence-electron chi connectivity index (χ3n) is 16.6. The Bertz CT molecular complexity index is 3160. The Morgan fingerprint density at radius 3 is 0.652 bits per heavy atom. The van der Waals surface area contributed by atoms with E-state index in [-0.39, 0.29) is 21.5 Å². The summed E-state index contributed by atoms with van der Waals surface area (Å²) in [7, 11) is 6.07. The number of esters is 2. The van der Waals surface area contributed by atoms with Crippen molar-refractivity contribution in [3.05, 3.63) is 127 Å². The molecule has 0 N–H and O–H groups in total. The van der Waals surface area contributed by atoms with Gasteiger partial charge in [-0.1, -0.05) is 202 Å². The Morgan fingerprint density at radius 2 is 0.500 bits per heavy atom. The van der Waals surface area contributed by atoms with Gasteiger partial charge in [-0.3, -0.25) is 0 Å². The fourth-order valence-corrected chi connectivity index (χ4v) is 17.3. The van der Waals surface area contributed by atoms with Crippen LogP contribution >= 0.6 is 39.0 Å². The maximum absolute atomic E-state index is 13.8. The maximum Gasteiger partial charge on any atom is 0.343 e. The second-order valence-electron chi connectivity index (χ2n) is 32.2. The normalized spacial score (nSPS) is 12.9. The van der Waals surface area contributed by atoms with Gasteiger partial charge >= 0.3 is 11.9 Å². The molecule has 0 spiro atoms. The quantitative estimate of drug-likeness (QED) is 0.0647. The van der Waals surface area contributed by atoms with Crippen molar-refractivity contribution in [3.8, 4) is 45.6 Å². The van der Waals surface area contributed by atoms with E-state index in [1.165, 1.54) is 14.2 Å². The van der Waals surface area contributed by atoms with Gasteiger partial charge in [0.15, 0.2) is 13.2 Å². The zero-order valence-electron chi connectivity index (χ0n) is 61.1. The summed E-state index contributed by atoms with van der Waals surface area (Å²) in [5.74, 6) is 2.39. The molecule has 0 amide bonds. The van der Waals surface area contributed by atoms with Crippen LogP contribution in [0.1, 0.15) is 211 Å². The molecular weight excluding hydrogens is 1230 g/mol. The average Bonchev–Trinajstić information content (AvgIpc) is 0.730. The van der Waals surface area contributed by atoms with Crippen molar-refractivity contribution in [2.75, 3.05) is 55.9 Å². The monoisotopic (exact) mass is 1330 g/mol. The summed E-state index contributed by atoms with van der Waals surface area (Å²) in [5, 5.41) is 6.03. The molecule has 6 aromatic carbocycles. The van der Waals surface area contributed by atoms with Crippen LogP contribution in [0.25, 0.3) is 11.1 Å². The molecule has 0 fully saturated rings. The van der Waals surface area contributed by atoms with Gasteiger partial charge in [-0.2, -0.15) is 0 Å². The lowest BCUT2D eigenvalue weighted by Gasteiger charge is -2.36. The van der Waals surface area contributed by atoms with Crippen LogP contribution in [-0.2, 0) is 62.4 Å². The summed E-state index contributed by atoms with van der Waals surface area (Å²) in [4.78, 5) is 27.5. The minimum Gasteiger partial charge on any atom is -0.496 e. The van der Waals surface area contributed by atoms with Crippen LogP contribution in [0.15, 0.2) is 72.8 Å². The van der Waals surface area contributed by atoms with Crippen molar-refractivity contribution >= 4 is 82.8 Å². The van der Waals surface area contributed by atoms with E-state index in [2.05, 4.69) is 227 Å². The van der Waals surface area contributed by atoms with E-state index in [0.29, 0.717) is 11.1 Å². The van der Waals surface area contributed by atoms with Gasteiger partial charge in [0.25, 0.3) is 0 Å². The summed E-state index contributed by atoms with van der Waals surface area (Å²) in [5.41, 5.74) is 5.90. The molecule has 6 aromatic rings. The van der Waals surface area contributed by atoms with Crippen LogP contribution in [0.2, 0.25) is 10.0 Å². The lowest BCUT2D eigenvalue weighted by atomic mass is 9.79. The zero-order chi connectivity index (χ0) is 69.7. The molecule has 0 radical (unpaired) electrons. The second kappa shape index (κ2) is 27.7. The fraction of sp³-hybridized carbons (Fsp3) is 0.513. The number of hydrogen-bond acceptors (Lipinski definition) is 10. The largest absolute Gasteiger partial charge is 0.496 e. The molecule has 0 bridgehead atoms. The third kappa shape index (κ3) is 16.2. The SMILES string of the molecule is COC(=O)COc1c(Cl)ccc(P(c2cc(C(C)(C)C)c(OC)c(C(C)(C)C)c2)c2cc(C(C)(C)C)c(OC)c(C(C)(C)C)c2)c1-c1c(P(c2cc(C(C)(C)C)c(OC)c(C(C)(C)C)c2)c2cc(C(C)(C)C)c(OC)c(C(C)(C)C)c2)ccc(Cl)c1OCC(=O)OC. The molecule has 0 heterocycles. The predicted octanol–water partition coefficient (Wildman–Crippen LogP) is 17.7. The van der Waals surface area contributed by atoms with Gasteiger partial charge in [-0.05, 0) is 152 Å². The van der Waals surface area contributed by atoms with E-state index >= 15 is 0 Å². The van der Waals surface area contributed by atoms with Gasteiger partial charge in [-0.25, -0.2) is 9.59 Å². The van der Waals surface area contributed by atoms with Gasteiger partial charge in [0, 0.05) is 55.6 Å². The van der Waals surface area contributed by atoms with E-state index in [1.807, 2.05) is 12.1 Å². The van der Waals surface area contributed by atoms with Crippen molar-refractivity contribution in [1.29, 1.82) is 0 Å². The molecule has 0 aliphatic carbocycles. The Morgan fingerprint density at radius 1 is 0.315 bits per heavy atom. The number of halogens is 2. The minimum atomic E-state index is -1.80. The molecule has 502 valence electrons. The van der Waals surface area contributed by atoms with Gasteiger partial charge in [0.05, 0.1) is 52.7 Å². The Hall–Kier alpha value is -5.50. The zero-order valence-corrected chi connectivity index (χ0v) is 64.4. The van der Waals surface area contributed by atoms with Crippen molar-refractivity contribution in [3.63, 3.8) is 0 Å². The second-order valence-corrected chi connectivity index (χ2v) is 37.4. The highest BCUT2D eigenvalue weighted by Crippen LogP contribution is 2.55. The Labute approximate surface area is 565 Å². The molecule has 92 heavy (non-hydrogen) atoms. The first-order valence-electron chi connectivity index (χ1n) is 31.7. The first-order valence-corrected chi connectivity index (χ1v) is 35.1. The Balaban J connectivity index is 2.15. The van der Waals surface area contributed by atoms with Gasteiger partial charge in [0.1, 0.15) is 34.5 Å². The first kappa shape index (κ1) is 75.5. The van der Waals surface area contributed by atoms with Crippen molar-refractivity contribution in [2.45, 2.75) is 209 Å². The van der Waals surface area contributed by atoms with Crippen molar-refractivity contribution in [1.82, 2.24) is 0 Å². The third-order valence-corrected chi connectivity index (χ3v) is 22.0.